The highest BCUT2D eigenvalue weighted by Gasteiger charge is 2.65. The highest BCUT2D eigenvalue weighted by atomic mass is 32.2. The van der Waals surface area contributed by atoms with E-state index in [1.54, 1.807) is 70.2 Å². The Kier molecular flexibility index (Phi) is 9.97. The van der Waals surface area contributed by atoms with Gasteiger partial charge in [-0.1, -0.05) is 60.7 Å². The molecule has 0 aliphatic carbocycles. The maximum Gasteiger partial charge on any atom is 0.327 e. The zero-order valence-corrected chi connectivity index (χ0v) is 29.0. The largest absolute Gasteiger partial charge is 0.480 e. The molecular weight excluding hydrogens is 691 g/mol. The van der Waals surface area contributed by atoms with Gasteiger partial charge in [0.15, 0.2) is 5.92 Å². The van der Waals surface area contributed by atoms with Gasteiger partial charge in [-0.2, -0.15) is 0 Å². The fourth-order valence-electron chi connectivity index (χ4n) is 6.63. The average Bonchev–Trinajstić information content (AvgIpc) is 3.47. The molecule has 4 saturated heterocycles. The quantitative estimate of drug-likeness (QED) is 0.155. The van der Waals surface area contributed by atoms with Crippen LogP contribution >= 0.6 is 23.5 Å². The lowest BCUT2D eigenvalue weighted by atomic mass is 9.94. The minimum atomic E-state index is -1.44. The van der Waals surface area contributed by atoms with Gasteiger partial charge in [0, 0.05) is 9.49 Å². The van der Waals surface area contributed by atoms with Crippen LogP contribution in [-0.2, 0) is 33.6 Å². The van der Waals surface area contributed by atoms with Crippen LogP contribution in [0.2, 0.25) is 0 Å². The Morgan fingerprint density at radius 2 is 1.06 bits per heavy atom. The van der Waals surface area contributed by atoms with E-state index in [1.807, 2.05) is 6.07 Å². The van der Waals surface area contributed by atoms with E-state index in [-0.39, 0.29) is 11.3 Å². The first kappa shape index (κ1) is 36.7. The molecule has 0 saturated carbocycles. The number of aliphatic carboxylic acids is 3. The third kappa shape index (κ3) is 6.52. The van der Waals surface area contributed by atoms with Crippen LogP contribution in [0.4, 0.5) is 0 Å². The van der Waals surface area contributed by atoms with Gasteiger partial charge in [-0.3, -0.25) is 24.0 Å². The maximum atomic E-state index is 12.5. The summed E-state index contributed by atoms with van der Waals surface area (Å²) in [4.78, 5) is 86.6. The van der Waals surface area contributed by atoms with Gasteiger partial charge in [-0.25, -0.2) is 9.59 Å². The number of thioether (sulfide) groups is 2. The number of amides is 4. The summed E-state index contributed by atoms with van der Waals surface area (Å²) in [7, 11) is 0. The van der Waals surface area contributed by atoms with Gasteiger partial charge in [-0.15, -0.1) is 23.5 Å². The molecule has 1 unspecified atom stereocenters. The van der Waals surface area contributed by atoms with Crippen molar-refractivity contribution in [2.24, 2.45) is 5.73 Å². The number of carbonyl (C=O) groups is 7. The van der Waals surface area contributed by atoms with Crippen LogP contribution in [0.15, 0.2) is 60.7 Å². The molecule has 2 aromatic rings. The van der Waals surface area contributed by atoms with Gasteiger partial charge in [0.25, 0.3) is 0 Å². The minimum absolute atomic E-state index is 0.309. The second-order valence-electron chi connectivity index (χ2n) is 13.2. The average molecular weight is 728 g/mol. The number of carboxylic acid groups (broad SMARTS) is 3. The van der Waals surface area contributed by atoms with Crippen molar-refractivity contribution in [2.75, 3.05) is 0 Å². The fourth-order valence-corrected chi connectivity index (χ4v) is 9.88. The summed E-state index contributed by atoms with van der Waals surface area (Å²) < 4.78 is -1.33. The number of carboxylic acids is 3. The number of benzene rings is 2. The molecule has 6 rings (SSSR count). The number of carbonyl (C=O) groups excluding carboxylic acids is 4. The molecule has 0 spiro atoms. The fraction of sp³-hybridized carbons (Fsp3) is 0.424. The Hall–Kier alpha value is -4.61. The maximum absolute atomic E-state index is 12.5. The second kappa shape index (κ2) is 13.6. The van der Waals surface area contributed by atoms with Crippen molar-refractivity contribution in [3.8, 4) is 0 Å². The number of hydrogen-bond donors (Lipinski definition) is 6. The first-order chi connectivity index (χ1) is 23.4. The lowest BCUT2D eigenvalue weighted by Gasteiger charge is -2.43. The summed E-state index contributed by atoms with van der Waals surface area (Å²) in [5.74, 6) is -7.02. The van der Waals surface area contributed by atoms with Crippen molar-refractivity contribution < 1.29 is 48.9 Å². The molecule has 0 bridgehead atoms. The molecule has 7 N–H and O–H groups in total. The lowest BCUT2D eigenvalue weighted by molar-refractivity contribution is -0.161. The van der Waals surface area contributed by atoms with E-state index in [0.717, 1.165) is 0 Å². The van der Waals surface area contributed by atoms with Crippen LogP contribution in [0.25, 0.3) is 0 Å². The molecule has 266 valence electrons. The summed E-state index contributed by atoms with van der Waals surface area (Å²) in [5.41, 5.74) is 6.90. The molecule has 50 heavy (non-hydrogen) atoms. The summed E-state index contributed by atoms with van der Waals surface area (Å²) in [6, 6.07) is 12.5. The van der Waals surface area contributed by atoms with E-state index in [1.165, 1.54) is 45.5 Å². The van der Waals surface area contributed by atoms with Crippen molar-refractivity contribution in [1.82, 2.24) is 20.4 Å². The minimum Gasteiger partial charge on any atom is -0.480 e. The third-order valence-electron chi connectivity index (χ3n) is 9.03. The SMILES string of the molecule is CC1(C)S[C@@H]2[C@H](NC(=O)C(C(=O)O)c3ccccc3)C(=O)N2[C@H]1C(=O)O.CC1(C)S[C@@H]2[C@H](NC(=O)[C@H](N)c3ccccc3)C(=O)N2[C@H]1C(=O)O. The zero-order valence-electron chi connectivity index (χ0n) is 27.4. The summed E-state index contributed by atoms with van der Waals surface area (Å²) in [6.07, 6.45) is 0. The Balaban J connectivity index is 0.000000195. The number of β-lactam (4-membered cyclic amide) rings is 2. The molecule has 0 aromatic heterocycles. The molecular formula is C33H37N5O10S2. The van der Waals surface area contributed by atoms with Gasteiger partial charge in [0.1, 0.15) is 41.0 Å². The van der Waals surface area contributed by atoms with Crippen molar-refractivity contribution in [1.29, 1.82) is 0 Å². The number of rotatable bonds is 9. The van der Waals surface area contributed by atoms with Gasteiger partial charge in [0.2, 0.25) is 23.6 Å². The van der Waals surface area contributed by atoms with E-state index in [9.17, 15) is 48.9 Å². The normalized spacial score (nSPS) is 27.9. The monoisotopic (exact) mass is 727 g/mol. The van der Waals surface area contributed by atoms with Gasteiger partial charge in [-0.05, 0) is 38.8 Å². The van der Waals surface area contributed by atoms with Crippen molar-refractivity contribution in [3.05, 3.63) is 71.8 Å². The highest BCUT2D eigenvalue weighted by molar-refractivity contribution is 8.02. The number of nitrogens with zero attached hydrogens (tertiary/aromatic N) is 2. The second-order valence-corrected chi connectivity index (χ2v) is 16.8. The summed E-state index contributed by atoms with van der Waals surface area (Å²) in [6.45, 7) is 7.03. The molecule has 2 aromatic carbocycles. The molecule has 4 fully saturated rings. The van der Waals surface area contributed by atoms with Crippen LogP contribution in [-0.4, -0.2) is 111 Å². The number of nitrogens with one attached hydrogen (secondary N) is 2. The molecule has 15 nitrogen and oxygen atoms in total. The molecule has 8 atom stereocenters. The summed E-state index contributed by atoms with van der Waals surface area (Å²) >= 11 is 2.67. The van der Waals surface area contributed by atoms with Crippen molar-refractivity contribution in [2.45, 2.75) is 84.1 Å². The van der Waals surface area contributed by atoms with Crippen LogP contribution in [0.5, 0.6) is 0 Å². The standard InChI is InChI=1S/C17H18N2O6S.C16H19N3O4S/c1-17(2)11(16(24)25)19-13(21)10(14(19)26-17)18-12(20)9(15(22)23)8-6-4-3-5-7-8;1-16(2)11(15(22)23)19-13(21)10(14(19)24-16)18-12(20)9(17)8-6-4-3-5-7-8/h3-7,9-11,14H,1-2H3,(H,18,20)(H,22,23)(H,24,25);3-7,9-11,14H,17H2,1-2H3,(H,18,20)(H,22,23)/t9?,10-,11+,14-;9-,10-,11+,14-/m11/s1. The highest BCUT2D eigenvalue weighted by Crippen LogP contribution is 2.52. The lowest BCUT2D eigenvalue weighted by Crippen LogP contribution is -2.71. The zero-order chi connectivity index (χ0) is 36.9. The molecule has 0 radical (unpaired) electrons. The Morgan fingerprint density at radius 3 is 1.44 bits per heavy atom. The molecule has 4 aliphatic rings. The number of hydrogen-bond acceptors (Lipinski definition) is 10. The predicted octanol–water partition coefficient (Wildman–Crippen LogP) is 0.805. The van der Waals surface area contributed by atoms with Crippen LogP contribution in [0.3, 0.4) is 0 Å². The first-order valence-corrected chi connectivity index (χ1v) is 17.3. The van der Waals surface area contributed by atoms with E-state index in [2.05, 4.69) is 10.6 Å². The van der Waals surface area contributed by atoms with Crippen LogP contribution in [0.1, 0.15) is 50.8 Å². The summed E-state index contributed by atoms with van der Waals surface area (Å²) in [5, 5.41) is 32.4. The van der Waals surface area contributed by atoms with Crippen molar-refractivity contribution >= 4 is 65.1 Å². The Labute approximate surface area is 295 Å². The van der Waals surface area contributed by atoms with Crippen molar-refractivity contribution in [3.63, 3.8) is 0 Å². The Morgan fingerprint density at radius 1 is 0.680 bits per heavy atom. The third-order valence-corrected chi connectivity index (χ3v) is 12.2. The predicted molar refractivity (Wildman–Crippen MR) is 182 cm³/mol. The van der Waals surface area contributed by atoms with Gasteiger partial charge < -0.3 is 41.5 Å². The first-order valence-electron chi connectivity index (χ1n) is 15.5. The van der Waals surface area contributed by atoms with Gasteiger partial charge >= 0.3 is 17.9 Å². The molecule has 17 heteroatoms. The molecule has 4 amide bonds. The van der Waals surface area contributed by atoms with Crippen LogP contribution < -0.4 is 16.4 Å². The smallest absolute Gasteiger partial charge is 0.327 e. The van der Waals surface area contributed by atoms with E-state index in [0.29, 0.717) is 11.1 Å². The van der Waals surface area contributed by atoms with E-state index < -0.39 is 86.6 Å². The van der Waals surface area contributed by atoms with Crippen LogP contribution in [0, 0.1) is 0 Å². The number of nitrogens with two attached hydrogens (primary N) is 1. The Bertz CT molecular complexity index is 1730. The number of fused-ring (bicyclic) bond motifs is 2. The van der Waals surface area contributed by atoms with E-state index in [4.69, 9.17) is 5.73 Å². The molecule has 4 aliphatic heterocycles. The van der Waals surface area contributed by atoms with E-state index >= 15 is 0 Å². The topological polar surface area (TPSA) is 237 Å². The van der Waals surface area contributed by atoms with Gasteiger partial charge in [0.05, 0.1) is 0 Å². The molecule has 4 heterocycles.